The number of nitro benzene ring substituents is 1. The minimum Gasteiger partial charge on any atom is -0.507 e. The lowest BCUT2D eigenvalue weighted by Crippen LogP contribution is -2.01. The van der Waals surface area contributed by atoms with Crippen LogP contribution in [0.2, 0.25) is 0 Å². The van der Waals surface area contributed by atoms with E-state index in [2.05, 4.69) is 4.84 Å². The molecule has 0 fully saturated rings. The molecular weight excluding hydrogens is 195 g/mol. The molecule has 0 radical (unpaired) electrons. The van der Waals surface area contributed by atoms with E-state index in [1.54, 1.807) is 0 Å². The van der Waals surface area contributed by atoms with Crippen molar-refractivity contribution in [2.45, 2.75) is 6.61 Å². The van der Waals surface area contributed by atoms with Gasteiger partial charge in [0.15, 0.2) is 0 Å². The Hall–Kier alpha value is -1.73. The van der Waals surface area contributed by atoms with Crippen LogP contribution in [0, 0.1) is 15.9 Å². The van der Waals surface area contributed by atoms with E-state index >= 15 is 0 Å². The van der Waals surface area contributed by atoms with E-state index in [0.29, 0.717) is 6.07 Å². The molecule has 0 aliphatic rings. The quantitative estimate of drug-likeness (QED) is 0.558. The van der Waals surface area contributed by atoms with Gasteiger partial charge in [0.1, 0.15) is 5.75 Å². The monoisotopic (exact) mass is 202 g/mol. The third kappa shape index (κ3) is 1.95. The first-order chi connectivity index (χ1) is 6.56. The van der Waals surface area contributed by atoms with Crippen molar-refractivity contribution >= 4 is 5.69 Å². The highest BCUT2D eigenvalue weighted by Gasteiger charge is 2.17. The summed E-state index contributed by atoms with van der Waals surface area (Å²) in [6.45, 7) is -0.229. The van der Waals surface area contributed by atoms with Crippen molar-refractivity contribution in [1.29, 1.82) is 0 Å². The maximum absolute atomic E-state index is 12.8. The summed E-state index contributed by atoms with van der Waals surface area (Å²) in [6.07, 6.45) is 0. The second-order valence-corrected chi connectivity index (χ2v) is 2.50. The predicted molar refractivity (Wildman–Crippen MR) is 43.7 cm³/mol. The van der Waals surface area contributed by atoms with Crippen molar-refractivity contribution in [3.63, 3.8) is 0 Å². The summed E-state index contributed by atoms with van der Waals surface area (Å²) in [7, 11) is 0. The lowest BCUT2D eigenvalue weighted by molar-refractivity contribution is -0.387. The number of hydrogen-bond acceptors (Lipinski definition) is 5. The largest absolute Gasteiger partial charge is 0.507 e. The minimum absolute atomic E-state index is 0.0561. The van der Waals surface area contributed by atoms with E-state index in [-0.39, 0.29) is 12.2 Å². The lowest BCUT2D eigenvalue weighted by Gasteiger charge is -2.02. The number of nitrogens with zero attached hydrogens (tertiary/aromatic N) is 1. The zero-order valence-electron chi connectivity index (χ0n) is 6.94. The fourth-order valence-corrected chi connectivity index (χ4v) is 0.940. The maximum Gasteiger partial charge on any atom is 0.305 e. The summed E-state index contributed by atoms with van der Waals surface area (Å²) in [5, 5.41) is 19.4. The molecule has 1 aromatic carbocycles. The summed E-state index contributed by atoms with van der Waals surface area (Å²) in [4.78, 5) is 13.6. The fourth-order valence-electron chi connectivity index (χ4n) is 0.940. The molecular formula is C7H7FN2O4. The van der Waals surface area contributed by atoms with E-state index in [1.807, 2.05) is 0 Å². The van der Waals surface area contributed by atoms with Gasteiger partial charge in [-0.15, -0.1) is 0 Å². The summed E-state index contributed by atoms with van der Waals surface area (Å²) in [5.74, 6) is 3.18. The molecule has 6 nitrogen and oxygen atoms in total. The number of nitro groups is 1. The van der Waals surface area contributed by atoms with Crippen LogP contribution in [0.25, 0.3) is 0 Å². The van der Waals surface area contributed by atoms with Crippen LogP contribution < -0.4 is 5.90 Å². The van der Waals surface area contributed by atoms with Crippen molar-refractivity contribution in [2.75, 3.05) is 0 Å². The maximum atomic E-state index is 12.8. The standard InChI is InChI=1S/C7H7FN2O4/c8-5-2-7(11)4(3-14-9)1-6(5)10(12)13/h1-2,11H,3,9H2. The van der Waals surface area contributed by atoms with Crippen LogP contribution >= 0.6 is 0 Å². The molecule has 0 aromatic heterocycles. The van der Waals surface area contributed by atoms with Gasteiger partial charge in [-0.3, -0.25) is 15.0 Å². The van der Waals surface area contributed by atoms with Crippen molar-refractivity contribution < 1.29 is 19.3 Å². The molecule has 7 heteroatoms. The van der Waals surface area contributed by atoms with Crippen LogP contribution in [0.4, 0.5) is 10.1 Å². The van der Waals surface area contributed by atoms with Crippen LogP contribution in [0.1, 0.15) is 5.56 Å². The second kappa shape index (κ2) is 3.99. The zero-order valence-corrected chi connectivity index (χ0v) is 6.94. The summed E-state index contributed by atoms with van der Waals surface area (Å²) >= 11 is 0. The first-order valence-corrected chi connectivity index (χ1v) is 3.53. The molecule has 0 amide bonds. The number of phenolic OH excluding ortho intramolecular Hbond substituents is 1. The molecule has 0 aliphatic carbocycles. The van der Waals surface area contributed by atoms with Crippen LogP contribution in [0.15, 0.2) is 12.1 Å². The SMILES string of the molecule is NOCc1cc([N+](=O)[O-])c(F)cc1O. The van der Waals surface area contributed by atoms with Crippen LogP contribution in [-0.4, -0.2) is 10.0 Å². The van der Waals surface area contributed by atoms with Gasteiger partial charge in [0.25, 0.3) is 0 Å². The van der Waals surface area contributed by atoms with Gasteiger partial charge in [0, 0.05) is 17.7 Å². The first-order valence-electron chi connectivity index (χ1n) is 3.53. The predicted octanol–water partition coefficient (Wildman–Crippen LogP) is 0.830. The van der Waals surface area contributed by atoms with Gasteiger partial charge in [-0.2, -0.15) is 4.39 Å². The Morgan fingerprint density at radius 1 is 1.64 bits per heavy atom. The molecule has 1 rings (SSSR count). The molecule has 76 valence electrons. The van der Waals surface area contributed by atoms with Crippen molar-refractivity contribution in [1.82, 2.24) is 0 Å². The molecule has 0 spiro atoms. The number of nitrogens with two attached hydrogens (primary N) is 1. The molecule has 0 saturated heterocycles. The number of halogens is 1. The molecule has 0 saturated carbocycles. The first kappa shape index (κ1) is 10.4. The average Bonchev–Trinajstić information content (AvgIpc) is 2.09. The van der Waals surface area contributed by atoms with Crippen LogP contribution in [0.3, 0.4) is 0 Å². The third-order valence-corrected chi connectivity index (χ3v) is 1.58. The number of phenols is 1. The summed E-state index contributed by atoms with van der Waals surface area (Å²) < 4.78 is 12.8. The number of rotatable bonds is 3. The van der Waals surface area contributed by atoms with Crippen LogP contribution in [0.5, 0.6) is 5.75 Å². The highest BCUT2D eigenvalue weighted by atomic mass is 19.1. The van der Waals surface area contributed by atoms with E-state index in [1.165, 1.54) is 0 Å². The Bertz CT molecular complexity index is 369. The summed E-state index contributed by atoms with van der Waals surface area (Å²) in [6, 6.07) is 1.52. The van der Waals surface area contributed by atoms with E-state index in [0.717, 1.165) is 6.07 Å². The third-order valence-electron chi connectivity index (χ3n) is 1.58. The van der Waals surface area contributed by atoms with Gasteiger partial charge in [0.05, 0.1) is 11.5 Å². The molecule has 3 N–H and O–H groups in total. The van der Waals surface area contributed by atoms with Gasteiger partial charge in [-0.1, -0.05) is 0 Å². The smallest absolute Gasteiger partial charge is 0.305 e. The fraction of sp³-hybridized carbons (Fsp3) is 0.143. The Morgan fingerprint density at radius 2 is 2.29 bits per heavy atom. The van der Waals surface area contributed by atoms with Gasteiger partial charge in [-0.05, 0) is 0 Å². The van der Waals surface area contributed by atoms with E-state index < -0.39 is 22.2 Å². The molecule has 0 atom stereocenters. The van der Waals surface area contributed by atoms with Gasteiger partial charge >= 0.3 is 5.69 Å². The Labute approximate surface area is 77.8 Å². The van der Waals surface area contributed by atoms with Crippen molar-refractivity contribution in [2.24, 2.45) is 5.90 Å². The second-order valence-electron chi connectivity index (χ2n) is 2.50. The highest BCUT2D eigenvalue weighted by Crippen LogP contribution is 2.26. The van der Waals surface area contributed by atoms with Gasteiger partial charge < -0.3 is 5.11 Å². The van der Waals surface area contributed by atoms with Crippen molar-refractivity contribution in [3.05, 3.63) is 33.6 Å². The Balaban J connectivity index is 3.20. The Morgan fingerprint density at radius 3 is 2.79 bits per heavy atom. The minimum atomic E-state index is -1.10. The zero-order chi connectivity index (χ0) is 10.7. The van der Waals surface area contributed by atoms with E-state index in [9.17, 15) is 14.5 Å². The molecule has 14 heavy (non-hydrogen) atoms. The Kier molecular flexibility index (Phi) is 2.95. The van der Waals surface area contributed by atoms with Crippen LogP contribution in [-0.2, 0) is 11.4 Å². The normalized spacial score (nSPS) is 10.1. The average molecular weight is 202 g/mol. The topological polar surface area (TPSA) is 98.6 Å². The lowest BCUT2D eigenvalue weighted by atomic mass is 10.2. The van der Waals surface area contributed by atoms with Crippen molar-refractivity contribution in [3.8, 4) is 5.75 Å². The summed E-state index contributed by atoms with van der Waals surface area (Å²) in [5.41, 5.74) is -0.671. The van der Waals surface area contributed by atoms with Gasteiger partial charge in [0.2, 0.25) is 5.82 Å². The molecule has 0 unspecified atom stereocenters. The molecule has 1 aromatic rings. The van der Waals surface area contributed by atoms with Gasteiger partial charge in [-0.25, -0.2) is 5.90 Å². The molecule has 0 aliphatic heterocycles. The highest BCUT2D eigenvalue weighted by molar-refractivity contribution is 5.44. The number of hydrogen-bond donors (Lipinski definition) is 2. The molecule has 0 bridgehead atoms. The molecule has 0 heterocycles. The van der Waals surface area contributed by atoms with E-state index in [4.69, 9.17) is 11.0 Å². The number of aromatic hydroxyl groups is 1. The number of benzene rings is 1.